The molecule has 1 fully saturated rings. The zero-order chi connectivity index (χ0) is 21.3. The number of rotatable bonds is 5. The van der Waals surface area contributed by atoms with Crippen LogP contribution in [0.25, 0.3) is 0 Å². The lowest BCUT2D eigenvalue weighted by atomic mass is 10.0. The Balaban J connectivity index is 1.60. The molecule has 0 spiro atoms. The van der Waals surface area contributed by atoms with E-state index in [4.69, 9.17) is 5.10 Å². The molecule has 1 saturated carbocycles. The molecule has 6 nitrogen and oxygen atoms in total. The van der Waals surface area contributed by atoms with E-state index >= 15 is 0 Å². The van der Waals surface area contributed by atoms with Gasteiger partial charge in [-0.2, -0.15) is 5.10 Å². The highest BCUT2D eigenvalue weighted by atomic mass is 16.2. The molecule has 160 valence electrons. The molecule has 1 N–H and O–H groups in total. The van der Waals surface area contributed by atoms with E-state index in [9.17, 15) is 9.59 Å². The van der Waals surface area contributed by atoms with Gasteiger partial charge in [0.05, 0.1) is 6.54 Å². The van der Waals surface area contributed by atoms with E-state index in [1.54, 1.807) is 0 Å². The van der Waals surface area contributed by atoms with Crippen LogP contribution < -0.4 is 5.32 Å². The standard InChI is InChI=1S/C24H32N4O2/c1-16(2)14-28-21-12-13-27(24(30)18-10-8-17(3)9-11-18)15-20(21)22(26-28)23(29)25-19-6-4-5-7-19/h8-11,16,19H,4-7,12-15H2,1-3H3,(H,25,29). The van der Waals surface area contributed by atoms with E-state index in [2.05, 4.69) is 19.2 Å². The maximum Gasteiger partial charge on any atom is 0.272 e. The predicted octanol–water partition coefficient (Wildman–Crippen LogP) is 3.72. The fourth-order valence-electron chi connectivity index (χ4n) is 4.55. The summed E-state index contributed by atoms with van der Waals surface area (Å²) in [5, 5.41) is 7.89. The first-order valence-corrected chi connectivity index (χ1v) is 11.2. The molecule has 0 radical (unpaired) electrons. The van der Waals surface area contributed by atoms with Crippen LogP contribution in [0.3, 0.4) is 0 Å². The number of amides is 2. The Labute approximate surface area is 178 Å². The van der Waals surface area contributed by atoms with Crippen molar-refractivity contribution >= 4 is 11.8 Å². The molecule has 2 amide bonds. The molecule has 1 aliphatic carbocycles. The normalized spacial score (nSPS) is 16.7. The van der Waals surface area contributed by atoms with Crippen LogP contribution in [0.1, 0.15) is 77.2 Å². The molecule has 1 aromatic carbocycles. The zero-order valence-corrected chi connectivity index (χ0v) is 18.3. The number of carbonyl (C=O) groups is 2. The van der Waals surface area contributed by atoms with Gasteiger partial charge in [0.25, 0.3) is 11.8 Å². The zero-order valence-electron chi connectivity index (χ0n) is 18.3. The maximum atomic E-state index is 13.1. The van der Waals surface area contributed by atoms with Crippen LogP contribution in [0.4, 0.5) is 0 Å². The smallest absolute Gasteiger partial charge is 0.272 e. The van der Waals surface area contributed by atoms with Crippen molar-refractivity contribution in [2.24, 2.45) is 5.92 Å². The molecule has 2 aromatic rings. The summed E-state index contributed by atoms with van der Waals surface area (Å²) in [5.74, 6) is 0.358. The average Bonchev–Trinajstić information content (AvgIpc) is 3.35. The number of fused-ring (bicyclic) bond motifs is 1. The Morgan fingerprint density at radius 3 is 2.53 bits per heavy atom. The van der Waals surface area contributed by atoms with Crippen molar-refractivity contribution in [1.29, 1.82) is 0 Å². The van der Waals surface area contributed by atoms with Crippen LogP contribution in [0.15, 0.2) is 24.3 Å². The van der Waals surface area contributed by atoms with Crippen molar-refractivity contribution in [3.05, 3.63) is 52.3 Å². The summed E-state index contributed by atoms with van der Waals surface area (Å²) in [6.45, 7) is 8.19. The van der Waals surface area contributed by atoms with Gasteiger partial charge >= 0.3 is 0 Å². The second kappa shape index (κ2) is 8.62. The molecular formula is C24H32N4O2. The van der Waals surface area contributed by atoms with E-state index in [-0.39, 0.29) is 17.9 Å². The minimum Gasteiger partial charge on any atom is -0.348 e. The van der Waals surface area contributed by atoms with E-state index in [1.165, 1.54) is 12.8 Å². The second-order valence-corrected chi connectivity index (χ2v) is 9.15. The molecule has 1 aliphatic heterocycles. The fraction of sp³-hybridized carbons (Fsp3) is 0.542. The van der Waals surface area contributed by atoms with Crippen LogP contribution in [0.5, 0.6) is 0 Å². The summed E-state index contributed by atoms with van der Waals surface area (Å²) >= 11 is 0. The third-order valence-electron chi connectivity index (χ3n) is 6.16. The van der Waals surface area contributed by atoms with Crippen molar-refractivity contribution in [1.82, 2.24) is 20.0 Å². The SMILES string of the molecule is Cc1ccc(C(=O)N2CCc3c(c(C(=O)NC4CCCC4)nn3CC(C)C)C2)cc1. The molecule has 0 saturated heterocycles. The monoisotopic (exact) mass is 408 g/mol. The number of nitrogens with zero attached hydrogens (tertiary/aromatic N) is 3. The molecular weight excluding hydrogens is 376 g/mol. The third-order valence-corrected chi connectivity index (χ3v) is 6.16. The minimum absolute atomic E-state index is 0.0133. The molecule has 0 unspecified atom stereocenters. The molecule has 30 heavy (non-hydrogen) atoms. The van der Waals surface area contributed by atoms with E-state index in [0.717, 1.165) is 42.6 Å². The quantitative estimate of drug-likeness (QED) is 0.820. The lowest BCUT2D eigenvalue weighted by Crippen LogP contribution is -2.38. The first-order chi connectivity index (χ1) is 14.4. The van der Waals surface area contributed by atoms with Crippen LogP contribution in [0, 0.1) is 12.8 Å². The predicted molar refractivity (Wildman–Crippen MR) is 116 cm³/mol. The molecule has 2 heterocycles. The molecule has 4 rings (SSSR count). The van der Waals surface area contributed by atoms with E-state index < -0.39 is 0 Å². The summed E-state index contributed by atoms with van der Waals surface area (Å²) in [5.41, 5.74) is 4.34. The Bertz CT molecular complexity index is 923. The van der Waals surface area contributed by atoms with E-state index in [0.29, 0.717) is 30.3 Å². The number of carbonyl (C=O) groups excluding carboxylic acids is 2. The number of hydrogen-bond acceptors (Lipinski definition) is 3. The Hall–Kier alpha value is -2.63. The molecule has 1 aromatic heterocycles. The first-order valence-electron chi connectivity index (χ1n) is 11.2. The van der Waals surface area contributed by atoms with Gasteiger partial charge in [-0.25, -0.2) is 0 Å². The average molecular weight is 409 g/mol. The van der Waals surface area contributed by atoms with Gasteiger partial charge < -0.3 is 10.2 Å². The highest BCUT2D eigenvalue weighted by Gasteiger charge is 2.31. The summed E-state index contributed by atoms with van der Waals surface area (Å²) in [6, 6.07) is 7.93. The van der Waals surface area contributed by atoms with Crippen LogP contribution in [-0.2, 0) is 19.5 Å². The van der Waals surface area contributed by atoms with Gasteiger partial charge in [-0.15, -0.1) is 0 Å². The van der Waals surface area contributed by atoms with Gasteiger partial charge in [0.1, 0.15) is 0 Å². The van der Waals surface area contributed by atoms with Crippen LogP contribution in [0.2, 0.25) is 0 Å². The van der Waals surface area contributed by atoms with Gasteiger partial charge in [0.15, 0.2) is 5.69 Å². The highest BCUT2D eigenvalue weighted by Crippen LogP contribution is 2.26. The summed E-state index contributed by atoms with van der Waals surface area (Å²) in [6.07, 6.45) is 5.15. The van der Waals surface area contributed by atoms with Crippen molar-refractivity contribution in [3.63, 3.8) is 0 Å². The van der Waals surface area contributed by atoms with Gasteiger partial charge in [-0.3, -0.25) is 14.3 Å². The summed E-state index contributed by atoms with van der Waals surface area (Å²) in [4.78, 5) is 28.0. The van der Waals surface area contributed by atoms with Gasteiger partial charge in [0.2, 0.25) is 0 Å². The largest absolute Gasteiger partial charge is 0.348 e. The van der Waals surface area contributed by atoms with Gasteiger partial charge in [-0.1, -0.05) is 44.4 Å². The molecule has 0 bridgehead atoms. The number of aryl methyl sites for hydroxylation is 1. The summed E-state index contributed by atoms with van der Waals surface area (Å²) < 4.78 is 2.00. The summed E-state index contributed by atoms with van der Waals surface area (Å²) in [7, 11) is 0. The Morgan fingerprint density at radius 1 is 1.17 bits per heavy atom. The Kier molecular flexibility index (Phi) is 5.93. The number of benzene rings is 1. The van der Waals surface area contributed by atoms with Gasteiger partial charge in [0, 0.05) is 42.4 Å². The number of hydrogen-bond donors (Lipinski definition) is 1. The maximum absolute atomic E-state index is 13.1. The highest BCUT2D eigenvalue weighted by molar-refractivity contribution is 5.96. The minimum atomic E-state index is -0.0923. The van der Waals surface area contributed by atoms with E-state index in [1.807, 2.05) is 40.8 Å². The fourth-order valence-corrected chi connectivity index (χ4v) is 4.55. The Morgan fingerprint density at radius 2 is 1.87 bits per heavy atom. The van der Waals surface area contributed by atoms with Crippen molar-refractivity contribution in [3.8, 4) is 0 Å². The van der Waals surface area contributed by atoms with Crippen molar-refractivity contribution in [2.45, 2.75) is 72.0 Å². The molecule has 2 aliphatic rings. The second-order valence-electron chi connectivity index (χ2n) is 9.15. The van der Waals surface area contributed by atoms with Crippen molar-refractivity contribution in [2.75, 3.05) is 6.54 Å². The number of nitrogens with one attached hydrogen (secondary N) is 1. The number of aromatic nitrogens is 2. The van der Waals surface area contributed by atoms with Crippen molar-refractivity contribution < 1.29 is 9.59 Å². The van der Waals surface area contributed by atoms with Crippen LogP contribution in [-0.4, -0.2) is 39.1 Å². The topological polar surface area (TPSA) is 67.2 Å². The first kappa shape index (κ1) is 20.6. The lowest BCUT2D eigenvalue weighted by Gasteiger charge is -2.28. The van der Waals surface area contributed by atoms with Gasteiger partial charge in [-0.05, 0) is 37.8 Å². The van der Waals surface area contributed by atoms with Crippen LogP contribution >= 0.6 is 0 Å². The lowest BCUT2D eigenvalue weighted by molar-refractivity contribution is 0.0730. The molecule has 0 atom stereocenters. The molecule has 6 heteroatoms. The third kappa shape index (κ3) is 4.27.